The van der Waals surface area contributed by atoms with Gasteiger partial charge < -0.3 is 14.9 Å². The lowest BCUT2D eigenvalue weighted by molar-refractivity contribution is -0.392. The SMILES string of the molecule is Cc1ncc([N+](=O)[O-])n1CC(=O)CN1CCOCC1. The summed E-state index contributed by atoms with van der Waals surface area (Å²) in [6, 6.07) is 0. The maximum absolute atomic E-state index is 12.0. The Morgan fingerprint density at radius 3 is 2.79 bits per heavy atom. The number of nitro groups is 1. The van der Waals surface area contributed by atoms with Crippen LogP contribution in [0.15, 0.2) is 6.20 Å². The molecule has 0 radical (unpaired) electrons. The summed E-state index contributed by atoms with van der Waals surface area (Å²) >= 11 is 0. The van der Waals surface area contributed by atoms with Crippen LogP contribution in [-0.4, -0.2) is 58.0 Å². The van der Waals surface area contributed by atoms with E-state index in [1.807, 2.05) is 4.90 Å². The Hall–Kier alpha value is -1.80. The van der Waals surface area contributed by atoms with Crippen molar-refractivity contribution < 1.29 is 14.5 Å². The molecule has 2 heterocycles. The normalized spacial score (nSPS) is 16.5. The maximum Gasteiger partial charge on any atom is 0.343 e. The minimum atomic E-state index is -0.526. The predicted octanol–water partition coefficient (Wildman–Crippen LogP) is 0.00102. The van der Waals surface area contributed by atoms with Crippen LogP contribution < -0.4 is 0 Å². The summed E-state index contributed by atoms with van der Waals surface area (Å²) < 4.78 is 6.54. The summed E-state index contributed by atoms with van der Waals surface area (Å²) in [6.45, 7) is 4.61. The van der Waals surface area contributed by atoms with Crippen LogP contribution in [0.1, 0.15) is 5.82 Å². The number of aryl methyl sites for hydroxylation is 1. The molecule has 1 aromatic heterocycles. The summed E-state index contributed by atoms with van der Waals surface area (Å²) in [5, 5.41) is 10.8. The van der Waals surface area contributed by atoms with Gasteiger partial charge in [-0.1, -0.05) is 0 Å². The lowest BCUT2D eigenvalue weighted by Crippen LogP contribution is -2.40. The van der Waals surface area contributed by atoms with Crippen molar-refractivity contribution in [3.8, 4) is 0 Å². The van der Waals surface area contributed by atoms with Crippen molar-refractivity contribution in [2.75, 3.05) is 32.8 Å². The third-order valence-electron chi connectivity index (χ3n) is 3.06. The first-order chi connectivity index (χ1) is 9.08. The van der Waals surface area contributed by atoms with Gasteiger partial charge in [-0.25, -0.2) is 9.55 Å². The first-order valence-corrected chi connectivity index (χ1v) is 6.06. The summed E-state index contributed by atoms with van der Waals surface area (Å²) in [4.78, 5) is 28.1. The zero-order valence-corrected chi connectivity index (χ0v) is 10.7. The molecule has 2 rings (SSSR count). The number of hydrogen-bond acceptors (Lipinski definition) is 6. The highest BCUT2D eigenvalue weighted by atomic mass is 16.6. The first kappa shape index (κ1) is 13.6. The van der Waals surface area contributed by atoms with E-state index >= 15 is 0 Å². The van der Waals surface area contributed by atoms with Gasteiger partial charge in [-0.2, -0.15) is 0 Å². The molecule has 0 bridgehead atoms. The highest BCUT2D eigenvalue weighted by molar-refractivity contribution is 5.80. The van der Waals surface area contributed by atoms with E-state index in [9.17, 15) is 14.9 Å². The zero-order valence-electron chi connectivity index (χ0n) is 10.7. The van der Waals surface area contributed by atoms with Crippen molar-refractivity contribution >= 4 is 11.6 Å². The number of hydrogen-bond donors (Lipinski definition) is 0. The molecular formula is C11H16N4O4. The number of carbonyl (C=O) groups is 1. The molecule has 0 amide bonds. The quantitative estimate of drug-likeness (QED) is 0.551. The van der Waals surface area contributed by atoms with Gasteiger partial charge in [0.1, 0.15) is 6.20 Å². The van der Waals surface area contributed by atoms with E-state index in [0.717, 1.165) is 13.1 Å². The highest BCUT2D eigenvalue weighted by Crippen LogP contribution is 2.13. The smallest absolute Gasteiger partial charge is 0.343 e. The van der Waals surface area contributed by atoms with Gasteiger partial charge in [-0.15, -0.1) is 0 Å². The van der Waals surface area contributed by atoms with Crippen LogP contribution in [0, 0.1) is 17.0 Å². The summed E-state index contributed by atoms with van der Waals surface area (Å²) in [5.74, 6) is 0.265. The second-order valence-corrected chi connectivity index (χ2v) is 4.43. The molecule has 1 aliphatic heterocycles. The van der Waals surface area contributed by atoms with Crippen molar-refractivity contribution in [1.29, 1.82) is 0 Å². The predicted molar refractivity (Wildman–Crippen MR) is 65.9 cm³/mol. The number of morpholine rings is 1. The van der Waals surface area contributed by atoms with Crippen LogP contribution in [0.5, 0.6) is 0 Å². The van der Waals surface area contributed by atoms with Crippen LogP contribution in [0.25, 0.3) is 0 Å². The van der Waals surface area contributed by atoms with E-state index in [1.165, 1.54) is 10.8 Å². The van der Waals surface area contributed by atoms with Gasteiger partial charge >= 0.3 is 5.82 Å². The molecule has 1 aliphatic rings. The molecule has 0 saturated carbocycles. The molecule has 19 heavy (non-hydrogen) atoms. The molecule has 1 fully saturated rings. The van der Waals surface area contributed by atoms with Gasteiger partial charge in [0.15, 0.2) is 18.2 Å². The Morgan fingerprint density at radius 1 is 1.47 bits per heavy atom. The minimum absolute atomic E-state index is 0.0144. The maximum atomic E-state index is 12.0. The van der Waals surface area contributed by atoms with Crippen molar-refractivity contribution in [1.82, 2.24) is 14.5 Å². The second kappa shape index (κ2) is 5.89. The fourth-order valence-corrected chi connectivity index (χ4v) is 2.03. The molecule has 1 aromatic rings. The standard InChI is InChI=1S/C11H16N4O4/c1-9-12-6-11(15(17)18)14(9)8-10(16)7-13-2-4-19-5-3-13/h6H,2-5,7-8H2,1H3. The summed E-state index contributed by atoms with van der Waals surface area (Å²) in [6.07, 6.45) is 1.18. The molecule has 8 heteroatoms. The fourth-order valence-electron chi connectivity index (χ4n) is 2.03. The van der Waals surface area contributed by atoms with Crippen LogP contribution in [0.3, 0.4) is 0 Å². The number of ether oxygens (including phenoxy) is 1. The number of carbonyl (C=O) groups excluding carboxylic acids is 1. The lowest BCUT2D eigenvalue weighted by atomic mass is 10.3. The van der Waals surface area contributed by atoms with E-state index in [2.05, 4.69) is 4.98 Å². The van der Waals surface area contributed by atoms with E-state index in [4.69, 9.17) is 4.74 Å². The first-order valence-electron chi connectivity index (χ1n) is 6.06. The van der Waals surface area contributed by atoms with Crippen LogP contribution >= 0.6 is 0 Å². The van der Waals surface area contributed by atoms with Gasteiger partial charge in [0.25, 0.3) is 0 Å². The molecule has 0 unspecified atom stereocenters. The van der Waals surface area contributed by atoms with Crippen LogP contribution in [0.4, 0.5) is 5.82 Å². The Bertz CT molecular complexity index is 479. The average molecular weight is 268 g/mol. The molecule has 1 saturated heterocycles. The molecule has 0 aliphatic carbocycles. The highest BCUT2D eigenvalue weighted by Gasteiger charge is 2.22. The van der Waals surface area contributed by atoms with Gasteiger partial charge in [-0.3, -0.25) is 9.69 Å². The summed E-state index contributed by atoms with van der Waals surface area (Å²) in [7, 11) is 0. The van der Waals surface area contributed by atoms with E-state index in [1.54, 1.807) is 6.92 Å². The van der Waals surface area contributed by atoms with Gasteiger partial charge in [0, 0.05) is 20.0 Å². The molecule has 0 N–H and O–H groups in total. The van der Waals surface area contributed by atoms with Gasteiger partial charge in [0.05, 0.1) is 19.8 Å². The largest absolute Gasteiger partial charge is 0.379 e. The third kappa shape index (κ3) is 3.36. The molecule has 0 atom stereocenters. The third-order valence-corrected chi connectivity index (χ3v) is 3.06. The topological polar surface area (TPSA) is 90.5 Å². The molecule has 8 nitrogen and oxygen atoms in total. The van der Waals surface area contributed by atoms with Crippen LogP contribution in [0.2, 0.25) is 0 Å². The second-order valence-electron chi connectivity index (χ2n) is 4.43. The molecule has 0 spiro atoms. The molecule has 104 valence electrons. The number of Topliss-reactive ketones (excluding diaryl/α,β-unsaturated/α-hetero) is 1. The van der Waals surface area contributed by atoms with Gasteiger partial charge in [0.2, 0.25) is 0 Å². The zero-order chi connectivity index (χ0) is 13.8. The van der Waals surface area contributed by atoms with Crippen molar-refractivity contribution in [3.05, 3.63) is 22.1 Å². The summed E-state index contributed by atoms with van der Waals surface area (Å²) in [5.41, 5.74) is 0. The molecular weight excluding hydrogens is 252 g/mol. The Balaban J connectivity index is 1.98. The Labute approximate surface area is 110 Å². The number of rotatable bonds is 5. The monoisotopic (exact) mass is 268 g/mol. The van der Waals surface area contributed by atoms with E-state index < -0.39 is 4.92 Å². The molecule has 0 aromatic carbocycles. The van der Waals surface area contributed by atoms with Crippen molar-refractivity contribution in [3.63, 3.8) is 0 Å². The van der Waals surface area contributed by atoms with Crippen molar-refractivity contribution in [2.45, 2.75) is 13.5 Å². The number of nitrogens with zero attached hydrogens (tertiary/aromatic N) is 4. The van der Waals surface area contributed by atoms with Crippen molar-refractivity contribution in [2.24, 2.45) is 0 Å². The minimum Gasteiger partial charge on any atom is -0.379 e. The Morgan fingerprint density at radius 2 is 2.16 bits per heavy atom. The number of aromatic nitrogens is 2. The van der Waals surface area contributed by atoms with E-state index in [-0.39, 0.29) is 24.7 Å². The number of imidazole rings is 1. The van der Waals surface area contributed by atoms with E-state index in [0.29, 0.717) is 19.0 Å². The van der Waals surface area contributed by atoms with Crippen LogP contribution in [-0.2, 0) is 16.1 Å². The van der Waals surface area contributed by atoms with Gasteiger partial charge in [-0.05, 0) is 4.92 Å². The Kier molecular flexibility index (Phi) is 4.23. The fraction of sp³-hybridized carbons (Fsp3) is 0.636. The number of ketones is 1. The lowest BCUT2D eigenvalue weighted by Gasteiger charge is -2.25. The average Bonchev–Trinajstić information content (AvgIpc) is 2.72.